The third-order valence-electron chi connectivity index (χ3n) is 8.05. The summed E-state index contributed by atoms with van der Waals surface area (Å²) in [5, 5.41) is 24.4. The van der Waals surface area contributed by atoms with Gasteiger partial charge in [-0.25, -0.2) is 9.97 Å². The van der Waals surface area contributed by atoms with Crippen molar-refractivity contribution in [2.45, 2.75) is 69.1 Å². The van der Waals surface area contributed by atoms with Crippen LogP contribution in [0.15, 0.2) is 30.6 Å². The van der Waals surface area contributed by atoms with Crippen LogP contribution in [0.4, 0.5) is 5.82 Å². The Morgan fingerprint density at radius 2 is 1.78 bits per heavy atom. The van der Waals surface area contributed by atoms with Crippen molar-refractivity contribution in [1.29, 1.82) is 0 Å². The van der Waals surface area contributed by atoms with Gasteiger partial charge in [-0.15, -0.1) is 0 Å². The van der Waals surface area contributed by atoms with E-state index in [9.17, 15) is 15.0 Å². The van der Waals surface area contributed by atoms with Crippen LogP contribution in [0.25, 0.3) is 0 Å². The van der Waals surface area contributed by atoms with Crippen molar-refractivity contribution in [2.75, 3.05) is 37.6 Å². The van der Waals surface area contributed by atoms with Crippen molar-refractivity contribution in [2.24, 2.45) is 0 Å². The van der Waals surface area contributed by atoms with E-state index in [1.54, 1.807) is 6.33 Å². The zero-order valence-electron chi connectivity index (χ0n) is 20.8. The Morgan fingerprint density at radius 1 is 1.08 bits per heavy atom. The maximum absolute atomic E-state index is 13.8. The predicted octanol–water partition coefficient (Wildman–Crippen LogP) is 3.00. The Kier molecular flexibility index (Phi) is 7.76. The number of hydrogen-bond acceptors (Lipinski definition) is 7. The summed E-state index contributed by atoms with van der Waals surface area (Å²) in [6.07, 6.45) is 4.96. The molecular weight excluding hydrogens is 478 g/mol. The number of hydrogen-bond donors (Lipinski definition) is 3. The topological polar surface area (TPSA) is 102 Å². The Morgan fingerprint density at radius 3 is 2.47 bits per heavy atom. The van der Waals surface area contributed by atoms with Gasteiger partial charge in [-0.1, -0.05) is 30.7 Å². The van der Waals surface area contributed by atoms with Gasteiger partial charge in [0.05, 0.1) is 23.8 Å². The number of nitrogens with one attached hydrogen (secondary N) is 1. The van der Waals surface area contributed by atoms with Crippen molar-refractivity contribution in [3.05, 3.63) is 52.4 Å². The number of nitrogens with zero attached hydrogens (tertiary/aromatic N) is 4. The summed E-state index contributed by atoms with van der Waals surface area (Å²) in [5.41, 5.74) is 2.76. The minimum atomic E-state index is -0.528. The lowest BCUT2D eigenvalue weighted by Crippen LogP contribution is -2.51. The Bertz CT molecular complexity index is 1050. The van der Waals surface area contributed by atoms with Gasteiger partial charge in [0.25, 0.3) is 0 Å². The second-order valence-corrected chi connectivity index (χ2v) is 10.9. The fraction of sp³-hybridized carbons (Fsp3) is 0.593. The van der Waals surface area contributed by atoms with Gasteiger partial charge in [-0.3, -0.25) is 4.79 Å². The lowest BCUT2D eigenvalue weighted by Gasteiger charge is -2.38. The molecule has 2 aliphatic carbocycles. The first-order valence-corrected chi connectivity index (χ1v) is 13.5. The first-order chi connectivity index (χ1) is 17.4. The normalized spacial score (nSPS) is 27.1. The number of aliphatic hydroxyl groups excluding tert-OH is 2. The zero-order chi connectivity index (χ0) is 25.2. The SMILES string of the molecule is C[C@@H]1C[C@@H](O)c2ncnc(N3CCN(C(=O)C(CNC4CCC(O)CC4)c4ccc(Cl)cc4)CC3)c21. The molecule has 2 heterocycles. The minimum absolute atomic E-state index is 0.122. The zero-order valence-corrected chi connectivity index (χ0v) is 21.6. The summed E-state index contributed by atoms with van der Waals surface area (Å²) in [5.74, 6) is 0.940. The molecule has 194 valence electrons. The molecule has 0 spiro atoms. The molecular formula is C27H36ClN5O3. The maximum atomic E-state index is 13.8. The Hall–Kier alpha value is -2.26. The van der Waals surface area contributed by atoms with Gasteiger partial charge in [-0.2, -0.15) is 0 Å². The van der Waals surface area contributed by atoms with Crippen LogP contribution in [0.1, 0.15) is 73.8 Å². The molecule has 1 saturated heterocycles. The van der Waals surface area contributed by atoms with Gasteiger partial charge in [-0.05, 0) is 55.7 Å². The minimum Gasteiger partial charge on any atom is -0.393 e. The molecule has 3 N–H and O–H groups in total. The molecule has 1 aromatic heterocycles. The van der Waals surface area contributed by atoms with E-state index >= 15 is 0 Å². The molecule has 2 aromatic rings. The molecule has 8 nitrogen and oxygen atoms in total. The number of amides is 1. The molecule has 1 aromatic carbocycles. The smallest absolute Gasteiger partial charge is 0.231 e. The van der Waals surface area contributed by atoms with E-state index in [1.165, 1.54) is 0 Å². The third-order valence-corrected chi connectivity index (χ3v) is 8.30. The standard InChI is InChI=1S/C27H36ClN5O3/c1-17-14-23(35)25-24(17)26(31-16-30-25)32-10-12-33(13-11-32)27(36)22(18-2-4-19(28)5-3-18)15-29-20-6-8-21(34)9-7-20/h2-5,16-17,20-23,29,34-35H,6-15H2,1H3/t17-,20?,21?,22?,23-/m1/s1. The summed E-state index contributed by atoms with van der Waals surface area (Å²) in [6, 6.07) is 7.91. The number of carbonyl (C=O) groups excluding carboxylic acids is 1. The van der Waals surface area contributed by atoms with Crippen LogP contribution in [0, 0.1) is 0 Å². The second kappa shape index (κ2) is 11.0. The van der Waals surface area contributed by atoms with Crippen LogP contribution in [0.3, 0.4) is 0 Å². The predicted molar refractivity (Wildman–Crippen MR) is 139 cm³/mol. The number of carbonyl (C=O) groups is 1. The average Bonchev–Trinajstić information content (AvgIpc) is 3.19. The number of benzene rings is 1. The van der Waals surface area contributed by atoms with Crippen LogP contribution in [0.2, 0.25) is 5.02 Å². The monoisotopic (exact) mass is 513 g/mol. The van der Waals surface area contributed by atoms with E-state index in [1.807, 2.05) is 29.2 Å². The molecule has 36 heavy (non-hydrogen) atoms. The molecule has 1 saturated carbocycles. The van der Waals surface area contributed by atoms with Gasteiger partial charge in [0.15, 0.2) is 0 Å². The first-order valence-electron chi connectivity index (χ1n) is 13.1. The van der Waals surface area contributed by atoms with Crippen molar-refractivity contribution in [3.8, 4) is 0 Å². The van der Waals surface area contributed by atoms with E-state index in [4.69, 9.17) is 11.6 Å². The molecule has 1 unspecified atom stereocenters. The van der Waals surface area contributed by atoms with Crippen molar-refractivity contribution in [1.82, 2.24) is 20.2 Å². The summed E-state index contributed by atoms with van der Waals surface area (Å²) < 4.78 is 0. The fourth-order valence-corrected chi connectivity index (χ4v) is 6.05. The number of anilines is 1. The van der Waals surface area contributed by atoms with Gasteiger partial charge >= 0.3 is 0 Å². The fourth-order valence-electron chi connectivity index (χ4n) is 5.92. The molecule has 5 rings (SSSR count). The van der Waals surface area contributed by atoms with Crippen molar-refractivity contribution >= 4 is 23.3 Å². The molecule has 9 heteroatoms. The second-order valence-electron chi connectivity index (χ2n) is 10.5. The molecule has 1 aliphatic heterocycles. The van der Waals surface area contributed by atoms with Gasteiger partial charge in [0.1, 0.15) is 12.1 Å². The number of aromatic nitrogens is 2. The highest BCUT2D eigenvalue weighted by Crippen LogP contribution is 2.42. The van der Waals surface area contributed by atoms with Crippen LogP contribution in [-0.4, -0.2) is 75.9 Å². The van der Waals surface area contributed by atoms with Crippen molar-refractivity contribution in [3.63, 3.8) is 0 Å². The number of piperazine rings is 1. The van der Waals surface area contributed by atoms with Crippen molar-refractivity contribution < 1.29 is 15.0 Å². The number of aliphatic hydroxyl groups is 2. The largest absolute Gasteiger partial charge is 0.393 e. The summed E-state index contributed by atoms with van der Waals surface area (Å²) in [6.45, 7) is 5.30. The molecule has 1 amide bonds. The molecule has 0 bridgehead atoms. The summed E-state index contributed by atoms with van der Waals surface area (Å²) in [7, 11) is 0. The van der Waals surface area contributed by atoms with Gasteiger partial charge in [0.2, 0.25) is 5.91 Å². The van der Waals surface area contributed by atoms with Crippen LogP contribution in [-0.2, 0) is 4.79 Å². The van der Waals surface area contributed by atoms with E-state index in [2.05, 4.69) is 27.1 Å². The lowest BCUT2D eigenvalue weighted by molar-refractivity contribution is -0.133. The maximum Gasteiger partial charge on any atom is 0.231 e. The van der Waals surface area contributed by atoms with Crippen LogP contribution < -0.4 is 10.2 Å². The highest BCUT2D eigenvalue weighted by atomic mass is 35.5. The Balaban J connectivity index is 1.26. The van der Waals surface area contributed by atoms with E-state index in [0.717, 1.165) is 48.3 Å². The van der Waals surface area contributed by atoms with Gasteiger partial charge < -0.3 is 25.3 Å². The summed E-state index contributed by atoms with van der Waals surface area (Å²) >= 11 is 6.12. The number of fused-ring (bicyclic) bond motifs is 1. The quantitative estimate of drug-likeness (QED) is 0.545. The molecule has 3 atom stereocenters. The highest BCUT2D eigenvalue weighted by Gasteiger charge is 2.35. The van der Waals surface area contributed by atoms with E-state index in [0.29, 0.717) is 50.2 Å². The lowest BCUT2D eigenvalue weighted by atomic mass is 9.91. The Labute approximate surface area is 217 Å². The van der Waals surface area contributed by atoms with Crippen LogP contribution >= 0.6 is 11.6 Å². The highest BCUT2D eigenvalue weighted by molar-refractivity contribution is 6.30. The summed E-state index contributed by atoms with van der Waals surface area (Å²) in [4.78, 5) is 26.9. The van der Waals surface area contributed by atoms with Crippen LogP contribution in [0.5, 0.6) is 0 Å². The van der Waals surface area contributed by atoms with E-state index in [-0.39, 0.29) is 23.8 Å². The van der Waals surface area contributed by atoms with Gasteiger partial charge in [0, 0.05) is 49.4 Å². The third kappa shape index (κ3) is 5.37. The first kappa shape index (κ1) is 25.4. The molecule has 3 aliphatic rings. The average molecular weight is 514 g/mol. The van der Waals surface area contributed by atoms with E-state index < -0.39 is 6.10 Å². The molecule has 2 fully saturated rings. The molecule has 0 radical (unpaired) electrons. The number of halogens is 1. The number of rotatable bonds is 6.